The molecule has 0 atom stereocenters. The SMILES string of the molecule is CCNC(=NCc1coc(-c2ccccc2)n1)NCCCCN(C)C(C)C.I. The van der Waals surface area contributed by atoms with E-state index in [2.05, 4.69) is 53.3 Å². The molecule has 0 spiro atoms. The van der Waals surface area contributed by atoms with Crippen LogP contribution in [0.15, 0.2) is 46.0 Å². The molecule has 0 amide bonds. The molecule has 156 valence electrons. The third kappa shape index (κ3) is 8.60. The van der Waals surface area contributed by atoms with Gasteiger partial charge >= 0.3 is 0 Å². The van der Waals surface area contributed by atoms with E-state index >= 15 is 0 Å². The molecule has 7 heteroatoms. The summed E-state index contributed by atoms with van der Waals surface area (Å²) in [5.41, 5.74) is 1.80. The van der Waals surface area contributed by atoms with Gasteiger partial charge in [-0.05, 0) is 59.3 Å². The smallest absolute Gasteiger partial charge is 0.226 e. The molecular formula is C21H34IN5O. The van der Waals surface area contributed by atoms with Gasteiger partial charge in [-0.2, -0.15) is 0 Å². The van der Waals surface area contributed by atoms with Crippen molar-refractivity contribution in [3.63, 3.8) is 0 Å². The van der Waals surface area contributed by atoms with Gasteiger partial charge in [0.25, 0.3) is 0 Å². The molecule has 0 fully saturated rings. The van der Waals surface area contributed by atoms with Crippen LogP contribution in [0.3, 0.4) is 0 Å². The minimum absolute atomic E-state index is 0. The molecule has 0 aliphatic rings. The number of oxazole rings is 1. The molecule has 28 heavy (non-hydrogen) atoms. The van der Waals surface area contributed by atoms with E-state index < -0.39 is 0 Å². The summed E-state index contributed by atoms with van der Waals surface area (Å²) in [6.07, 6.45) is 3.96. The lowest BCUT2D eigenvalue weighted by Crippen LogP contribution is -2.38. The molecule has 0 saturated heterocycles. The third-order valence-corrected chi connectivity index (χ3v) is 4.43. The Morgan fingerprint density at radius 2 is 1.93 bits per heavy atom. The zero-order chi connectivity index (χ0) is 19.5. The number of benzene rings is 1. The third-order valence-electron chi connectivity index (χ3n) is 4.43. The number of aromatic nitrogens is 1. The normalized spacial score (nSPS) is 11.6. The number of rotatable bonds is 10. The van der Waals surface area contributed by atoms with Crippen molar-refractivity contribution in [1.82, 2.24) is 20.5 Å². The van der Waals surface area contributed by atoms with Gasteiger partial charge in [-0.3, -0.25) is 0 Å². The van der Waals surface area contributed by atoms with Gasteiger partial charge in [0.1, 0.15) is 12.0 Å². The first-order valence-corrected chi connectivity index (χ1v) is 9.82. The van der Waals surface area contributed by atoms with Crippen LogP contribution in [-0.4, -0.2) is 48.6 Å². The maximum atomic E-state index is 5.57. The molecule has 1 heterocycles. The van der Waals surface area contributed by atoms with Crippen LogP contribution in [0.2, 0.25) is 0 Å². The van der Waals surface area contributed by atoms with Crippen LogP contribution in [0.1, 0.15) is 39.3 Å². The highest BCUT2D eigenvalue weighted by molar-refractivity contribution is 14.0. The van der Waals surface area contributed by atoms with Crippen molar-refractivity contribution in [1.29, 1.82) is 0 Å². The summed E-state index contributed by atoms with van der Waals surface area (Å²) < 4.78 is 5.57. The molecule has 0 aliphatic carbocycles. The molecule has 2 rings (SSSR count). The van der Waals surface area contributed by atoms with Crippen molar-refractivity contribution < 1.29 is 4.42 Å². The second-order valence-electron chi connectivity index (χ2n) is 6.91. The van der Waals surface area contributed by atoms with Crippen LogP contribution >= 0.6 is 24.0 Å². The van der Waals surface area contributed by atoms with Gasteiger partial charge in [0.05, 0.1) is 6.54 Å². The predicted octanol–water partition coefficient (Wildman–Crippen LogP) is 4.14. The van der Waals surface area contributed by atoms with Gasteiger partial charge in [-0.15, -0.1) is 24.0 Å². The second-order valence-corrected chi connectivity index (χ2v) is 6.91. The van der Waals surface area contributed by atoms with E-state index in [0.29, 0.717) is 18.5 Å². The number of hydrogen-bond acceptors (Lipinski definition) is 4. The van der Waals surface area contributed by atoms with Crippen LogP contribution in [-0.2, 0) is 6.54 Å². The largest absolute Gasteiger partial charge is 0.444 e. The highest BCUT2D eigenvalue weighted by Gasteiger charge is 2.06. The lowest BCUT2D eigenvalue weighted by atomic mass is 10.2. The van der Waals surface area contributed by atoms with Gasteiger partial charge in [-0.1, -0.05) is 18.2 Å². The molecule has 0 radical (unpaired) electrons. The molecule has 6 nitrogen and oxygen atoms in total. The maximum Gasteiger partial charge on any atom is 0.226 e. The van der Waals surface area contributed by atoms with E-state index in [9.17, 15) is 0 Å². The highest BCUT2D eigenvalue weighted by Crippen LogP contribution is 2.18. The fraction of sp³-hybridized carbons (Fsp3) is 0.524. The highest BCUT2D eigenvalue weighted by atomic mass is 127. The Kier molecular flexibility index (Phi) is 11.8. The van der Waals surface area contributed by atoms with E-state index in [4.69, 9.17) is 4.42 Å². The molecule has 0 unspecified atom stereocenters. The standard InChI is InChI=1S/C21H33N5O.HI/c1-5-22-21(23-13-9-10-14-26(4)17(2)3)24-15-19-16-27-20(25-19)18-11-7-6-8-12-18;/h6-8,11-12,16-17H,5,9-10,13-15H2,1-4H3,(H2,22,23,24);1H. The lowest BCUT2D eigenvalue weighted by Gasteiger charge is -2.20. The van der Waals surface area contributed by atoms with Gasteiger partial charge in [-0.25, -0.2) is 9.98 Å². The summed E-state index contributed by atoms with van der Waals surface area (Å²) in [4.78, 5) is 11.5. The monoisotopic (exact) mass is 499 g/mol. The Morgan fingerprint density at radius 1 is 1.18 bits per heavy atom. The molecule has 2 N–H and O–H groups in total. The first-order chi connectivity index (χ1) is 13.1. The van der Waals surface area contributed by atoms with Crippen molar-refractivity contribution in [2.45, 2.75) is 46.2 Å². The van der Waals surface area contributed by atoms with Gasteiger partial charge in [0, 0.05) is 24.7 Å². The van der Waals surface area contributed by atoms with Crippen LogP contribution < -0.4 is 10.6 Å². The molecule has 1 aromatic heterocycles. The zero-order valence-corrected chi connectivity index (χ0v) is 19.8. The van der Waals surface area contributed by atoms with Gasteiger partial charge < -0.3 is 20.0 Å². The first-order valence-electron chi connectivity index (χ1n) is 9.82. The Bertz CT molecular complexity index is 687. The summed E-state index contributed by atoms with van der Waals surface area (Å²) in [5.74, 6) is 1.45. The fourth-order valence-corrected chi connectivity index (χ4v) is 2.55. The van der Waals surface area contributed by atoms with Crippen molar-refractivity contribution in [3.8, 4) is 11.5 Å². The first kappa shape index (κ1) is 24.4. The molecular weight excluding hydrogens is 465 g/mol. The maximum absolute atomic E-state index is 5.57. The van der Waals surface area contributed by atoms with E-state index in [0.717, 1.165) is 43.3 Å². The summed E-state index contributed by atoms with van der Waals surface area (Å²) in [7, 11) is 2.17. The fourth-order valence-electron chi connectivity index (χ4n) is 2.55. The summed E-state index contributed by atoms with van der Waals surface area (Å²) in [6, 6.07) is 10.5. The molecule has 2 aromatic rings. The van der Waals surface area contributed by atoms with E-state index in [1.54, 1.807) is 6.26 Å². The van der Waals surface area contributed by atoms with Crippen molar-refractivity contribution >= 4 is 29.9 Å². The number of nitrogens with one attached hydrogen (secondary N) is 2. The lowest BCUT2D eigenvalue weighted by molar-refractivity contribution is 0.268. The number of halogens is 1. The van der Waals surface area contributed by atoms with E-state index in [1.807, 2.05) is 30.3 Å². The summed E-state index contributed by atoms with van der Waals surface area (Å²) in [5, 5.41) is 6.67. The van der Waals surface area contributed by atoms with Gasteiger partial charge in [0.15, 0.2) is 5.96 Å². The van der Waals surface area contributed by atoms with Crippen LogP contribution in [0.25, 0.3) is 11.5 Å². The minimum atomic E-state index is 0. The number of hydrogen-bond donors (Lipinski definition) is 2. The molecule has 0 bridgehead atoms. The predicted molar refractivity (Wildman–Crippen MR) is 127 cm³/mol. The van der Waals surface area contributed by atoms with Crippen LogP contribution in [0, 0.1) is 0 Å². The Morgan fingerprint density at radius 3 is 2.61 bits per heavy atom. The average molecular weight is 499 g/mol. The second kappa shape index (κ2) is 13.5. The van der Waals surface area contributed by atoms with Crippen LogP contribution in [0.5, 0.6) is 0 Å². The van der Waals surface area contributed by atoms with E-state index in [-0.39, 0.29) is 24.0 Å². The van der Waals surface area contributed by atoms with Crippen molar-refractivity contribution in [2.24, 2.45) is 4.99 Å². The van der Waals surface area contributed by atoms with Gasteiger partial charge in [0.2, 0.25) is 5.89 Å². The average Bonchev–Trinajstić information content (AvgIpc) is 3.15. The topological polar surface area (TPSA) is 65.7 Å². The Balaban J connectivity index is 0.00000392. The molecule has 0 aliphatic heterocycles. The number of unbranched alkanes of at least 4 members (excludes halogenated alkanes) is 1. The number of aliphatic imine (C=N–C) groups is 1. The van der Waals surface area contributed by atoms with E-state index in [1.165, 1.54) is 6.42 Å². The zero-order valence-electron chi connectivity index (χ0n) is 17.4. The number of guanidine groups is 1. The Labute approximate surface area is 186 Å². The summed E-state index contributed by atoms with van der Waals surface area (Å²) in [6.45, 7) is 9.86. The quantitative estimate of drug-likeness (QED) is 0.223. The summed E-state index contributed by atoms with van der Waals surface area (Å²) >= 11 is 0. The minimum Gasteiger partial charge on any atom is -0.444 e. The number of nitrogens with zero attached hydrogens (tertiary/aromatic N) is 3. The van der Waals surface area contributed by atoms with Crippen molar-refractivity contribution in [2.75, 3.05) is 26.7 Å². The van der Waals surface area contributed by atoms with Crippen LogP contribution in [0.4, 0.5) is 0 Å². The molecule has 0 saturated carbocycles. The molecule has 1 aromatic carbocycles. The van der Waals surface area contributed by atoms with Crippen molar-refractivity contribution in [3.05, 3.63) is 42.3 Å². The Hall–Kier alpha value is -1.61.